The van der Waals surface area contributed by atoms with Gasteiger partial charge in [0.15, 0.2) is 0 Å². The molecule has 0 radical (unpaired) electrons. The van der Waals surface area contributed by atoms with Gasteiger partial charge in [0, 0.05) is 24.7 Å². The number of carbonyl (C=O) groups excluding carboxylic acids is 1. The summed E-state index contributed by atoms with van der Waals surface area (Å²) in [6, 6.07) is 7.76. The Kier molecular flexibility index (Phi) is 5.24. The van der Waals surface area contributed by atoms with Crippen LogP contribution in [-0.4, -0.2) is 43.2 Å². The van der Waals surface area contributed by atoms with Crippen LogP contribution in [0.5, 0.6) is 0 Å². The van der Waals surface area contributed by atoms with Gasteiger partial charge in [-0.1, -0.05) is 23.7 Å². The maximum absolute atomic E-state index is 13.0. The van der Waals surface area contributed by atoms with Gasteiger partial charge in [0.05, 0.1) is 11.5 Å². The molecular weight excluding hydrogens is 312 g/mol. The summed E-state index contributed by atoms with van der Waals surface area (Å²) in [4.78, 5) is 15.0. The van der Waals surface area contributed by atoms with Crippen LogP contribution >= 0.6 is 11.6 Å². The summed E-state index contributed by atoms with van der Waals surface area (Å²) < 4.78 is 5.82. The molecule has 5 heteroatoms. The highest BCUT2D eigenvalue weighted by molar-refractivity contribution is 6.30. The molecule has 1 amide bonds. The van der Waals surface area contributed by atoms with Crippen LogP contribution in [0.2, 0.25) is 5.02 Å². The molecule has 1 saturated carbocycles. The maximum Gasteiger partial charge on any atom is 0.233 e. The lowest BCUT2D eigenvalue weighted by molar-refractivity contribution is -0.136. The molecule has 2 aliphatic rings. The van der Waals surface area contributed by atoms with Crippen LogP contribution in [0.4, 0.5) is 0 Å². The average Bonchev–Trinajstić information content (AvgIpc) is 3.37. The van der Waals surface area contributed by atoms with Crippen molar-refractivity contribution in [2.45, 2.75) is 43.6 Å². The molecule has 0 unspecified atom stereocenters. The third-order valence-corrected chi connectivity index (χ3v) is 5.20. The van der Waals surface area contributed by atoms with Crippen molar-refractivity contribution in [3.05, 3.63) is 34.9 Å². The van der Waals surface area contributed by atoms with E-state index < -0.39 is 0 Å². The second kappa shape index (κ2) is 7.20. The Balaban J connectivity index is 1.57. The van der Waals surface area contributed by atoms with Gasteiger partial charge in [-0.2, -0.15) is 0 Å². The Labute approximate surface area is 142 Å². The first-order chi connectivity index (χ1) is 11.2. The highest BCUT2D eigenvalue weighted by Crippen LogP contribution is 2.50. The lowest BCUT2D eigenvalue weighted by Gasteiger charge is -2.34. The predicted molar refractivity (Wildman–Crippen MR) is 91.6 cm³/mol. The Hall–Kier alpha value is -1.10. The number of ether oxygens (including phenoxy) is 1. The van der Waals surface area contributed by atoms with Crippen LogP contribution in [-0.2, 0) is 14.9 Å². The molecule has 1 heterocycles. The zero-order valence-electron chi connectivity index (χ0n) is 13.5. The van der Waals surface area contributed by atoms with Crippen LogP contribution < -0.4 is 5.73 Å². The zero-order chi connectivity index (χ0) is 16.3. The molecule has 4 nitrogen and oxygen atoms in total. The molecule has 1 aliphatic heterocycles. The van der Waals surface area contributed by atoms with E-state index in [1.807, 2.05) is 29.2 Å². The normalized spacial score (nSPS) is 20.5. The number of rotatable bonds is 6. The Morgan fingerprint density at radius 3 is 2.70 bits per heavy atom. The SMILES string of the molecule is NCCCOC1CCN(C(=O)C2(c3cccc(Cl)c3)CC2)CC1. The molecule has 1 aromatic carbocycles. The van der Waals surface area contributed by atoms with Gasteiger partial charge in [-0.25, -0.2) is 0 Å². The number of hydrogen-bond donors (Lipinski definition) is 1. The number of amides is 1. The molecule has 2 fully saturated rings. The van der Waals surface area contributed by atoms with Crippen molar-refractivity contribution in [2.24, 2.45) is 5.73 Å². The van der Waals surface area contributed by atoms with Crippen molar-refractivity contribution >= 4 is 17.5 Å². The monoisotopic (exact) mass is 336 g/mol. The van der Waals surface area contributed by atoms with E-state index in [2.05, 4.69) is 0 Å². The number of carbonyl (C=O) groups is 1. The third kappa shape index (κ3) is 3.70. The summed E-state index contributed by atoms with van der Waals surface area (Å²) in [7, 11) is 0. The highest BCUT2D eigenvalue weighted by Gasteiger charge is 2.53. The third-order valence-electron chi connectivity index (χ3n) is 4.97. The van der Waals surface area contributed by atoms with E-state index in [0.29, 0.717) is 11.6 Å². The zero-order valence-corrected chi connectivity index (χ0v) is 14.2. The van der Waals surface area contributed by atoms with Crippen molar-refractivity contribution in [1.29, 1.82) is 0 Å². The van der Waals surface area contributed by atoms with Gasteiger partial charge in [0.1, 0.15) is 0 Å². The standard InChI is InChI=1S/C18H25ClN2O2/c19-15-4-1-3-14(13-15)18(7-8-18)17(22)21-10-5-16(6-11-21)23-12-2-9-20/h1,3-4,13,16H,2,5-12,20H2. The largest absolute Gasteiger partial charge is 0.378 e. The van der Waals surface area contributed by atoms with Gasteiger partial charge in [0.2, 0.25) is 5.91 Å². The molecule has 126 valence electrons. The number of hydrogen-bond acceptors (Lipinski definition) is 3. The van der Waals surface area contributed by atoms with Gasteiger partial charge in [0.25, 0.3) is 0 Å². The minimum atomic E-state index is -0.321. The van der Waals surface area contributed by atoms with Gasteiger partial charge in [-0.3, -0.25) is 4.79 Å². The number of halogens is 1. The smallest absolute Gasteiger partial charge is 0.233 e. The summed E-state index contributed by atoms with van der Waals surface area (Å²) in [6.45, 7) is 2.96. The highest BCUT2D eigenvalue weighted by atomic mass is 35.5. The van der Waals surface area contributed by atoms with Crippen LogP contribution in [0.3, 0.4) is 0 Å². The van der Waals surface area contributed by atoms with E-state index in [1.165, 1.54) is 0 Å². The first-order valence-electron chi connectivity index (χ1n) is 8.53. The minimum absolute atomic E-state index is 0.264. The molecule has 0 bridgehead atoms. The predicted octanol–water partition coefficient (Wildman–Crippen LogP) is 2.73. The van der Waals surface area contributed by atoms with Crippen LogP contribution in [0, 0.1) is 0 Å². The maximum atomic E-state index is 13.0. The van der Waals surface area contributed by atoms with E-state index in [4.69, 9.17) is 22.1 Å². The molecular formula is C18H25ClN2O2. The lowest BCUT2D eigenvalue weighted by Crippen LogP contribution is -2.45. The Morgan fingerprint density at radius 1 is 1.35 bits per heavy atom. The number of piperidine rings is 1. The van der Waals surface area contributed by atoms with Gasteiger partial charge >= 0.3 is 0 Å². The summed E-state index contributed by atoms with van der Waals surface area (Å²) in [5.41, 5.74) is 6.23. The summed E-state index contributed by atoms with van der Waals surface area (Å²) >= 11 is 6.10. The fourth-order valence-electron chi connectivity index (χ4n) is 3.40. The number of nitrogens with two attached hydrogens (primary N) is 1. The fourth-order valence-corrected chi connectivity index (χ4v) is 3.59. The second-order valence-corrected chi connectivity index (χ2v) is 7.03. The fraction of sp³-hybridized carbons (Fsp3) is 0.611. The topological polar surface area (TPSA) is 55.6 Å². The van der Waals surface area contributed by atoms with Crippen molar-refractivity contribution in [1.82, 2.24) is 4.90 Å². The second-order valence-electron chi connectivity index (χ2n) is 6.60. The molecule has 0 aromatic heterocycles. The molecule has 1 saturated heterocycles. The van der Waals surface area contributed by atoms with E-state index in [1.54, 1.807) is 0 Å². The Morgan fingerprint density at radius 2 is 2.09 bits per heavy atom. The Bertz CT molecular complexity index is 552. The molecule has 2 N–H and O–H groups in total. The molecule has 0 spiro atoms. The molecule has 1 aliphatic carbocycles. The van der Waals surface area contributed by atoms with E-state index in [-0.39, 0.29) is 17.4 Å². The molecule has 23 heavy (non-hydrogen) atoms. The van der Waals surface area contributed by atoms with Gasteiger partial charge in [-0.05, 0) is 56.3 Å². The van der Waals surface area contributed by atoms with Crippen LogP contribution in [0.1, 0.15) is 37.7 Å². The molecule has 3 rings (SSSR count). The molecule has 0 atom stereocenters. The minimum Gasteiger partial charge on any atom is -0.378 e. The van der Waals surface area contributed by atoms with E-state index in [9.17, 15) is 4.79 Å². The number of benzene rings is 1. The quantitative estimate of drug-likeness (QED) is 0.813. The first-order valence-corrected chi connectivity index (χ1v) is 8.90. The first kappa shape index (κ1) is 16.7. The summed E-state index contributed by atoms with van der Waals surface area (Å²) in [6.07, 6.45) is 4.87. The van der Waals surface area contributed by atoms with Gasteiger partial charge in [-0.15, -0.1) is 0 Å². The average molecular weight is 337 g/mol. The summed E-state index contributed by atoms with van der Waals surface area (Å²) in [5, 5.41) is 0.702. The van der Waals surface area contributed by atoms with E-state index in [0.717, 1.165) is 57.4 Å². The van der Waals surface area contributed by atoms with Gasteiger partial charge < -0.3 is 15.4 Å². The van der Waals surface area contributed by atoms with Crippen LogP contribution in [0.25, 0.3) is 0 Å². The number of nitrogens with zero attached hydrogens (tertiary/aromatic N) is 1. The van der Waals surface area contributed by atoms with Crippen molar-refractivity contribution in [3.8, 4) is 0 Å². The van der Waals surface area contributed by atoms with Crippen molar-refractivity contribution in [3.63, 3.8) is 0 Å². The molecule has 1 aromatic rings. The van der Waals surface area contributed by atoms with Crippen molar-refractivity contribution in [2.75, 3.05) is 26.2 Å². The van der Waals surface area contributed by atoms with Crippen molar-refractivity contribution < 1.29 is 9.53 Å². The lowest BCUT2D eigenvalue weighted by atomic mass is 9.93. The summed E-state index contributed by atoms with van der Waals surface area (Å²) in [5.74, 6) is 0.264. The van der Waals surface area contributed by atoms with E-state index >= 15 is 0 Å². The van der Waals surface area contributed by atoms with Crippen LogP contribution in [0.15, 0.2) is 24.3 Å². The number of likely N-dealkylation sites (tertiary alicyclic amines) is 1.